The summed E-state index contributed by atoms with van der Waals surface area (Å²) in [6, 6.07) is 16.5. The van der Waals surface area contributed by atoms with Crippen molar-refractivity contribution in [2.75, 3.05) is 4.90 Å². The molecule has 0 bridgehead atoms. The Balaban J connectivity index is 1.91. The van der Waals surface area contributed by atoms with E-state index in [1.807, 2.05) is 24.4 Å². The zero-order chi connectivity index (χ0) is 11.9. The van der Waals surface area contributed by atoms with Crippen LogP contribution in [-0.2, 0) is 6.54 Å². The molecule has 0 saturated heterocycles. The molecular formula is C15H11N3. The summed E-state index contributed by atoms with van der Waals surface area (Å²) in [5.41, 5.74) is 4.60. The molecule has 0 atom stereocenters. The zero-order valence-electron chi connectivity index (χ0n) is 9.74. The molecular weight excluding hydrogens is 222 g/mol. The molecule has 0 unspecified atom stereocenters. The van der Waals surface area contributed by atoms with Gasteiger partial charge in [-0.15, -0.1) is 0 Å². The van der Waals surface area contributed by atoms with Gasteiger partial charge in [0, 0.05) is 11.8 Å². The van der Waals surface area contributed by atoms with E-state index in [-0.39, 0.29) is 0 Å². The summed E-state index contributed by atoms with van der Waals surface area (Å²) in [5.74, 6) is 0.785. The number of hydrogen-bond donors (Lipinski definition) is 0. The lowest BCUT2D eigenvalue weighted by Gasteiger charge is -2.31. The lowest BCUT2D eigenvalue weighted by molar-refractivity contribution is 0.961. The summed E-state index contributed by atoms with van der Waals surface area (Å²) in [6.45, 7) is 0.837. The van der Waals surface area contributed by atoms with Gasteiger partial charge in [0.25, 0.3) is 0 Å². The van der Waals surface area contributed by atoms with Crippen LogP contribution in [0.1, 0.15) is 11.1 Å². The number of rotatable bonds is 0. The van der Waals surface area contributed by atoms with Crippen molar-refractivity contribution in [2.24, 2.45) is 9.98 Å². The molecule has 18 heavy (non-hydrogen) atoms. The molecule has 2 aliphatic rings. The monoisotopic (exact) mass is 233 g/mol. The van der Waals surface area contributed by atoms with Crippen LogP contribution in [0.25, 0.3) is 0 Å². The number of para-hydroxylation sites is 2. The van der Waals surface area contributed by atoms with Gasteiger partial charge in [-0.1, -0.05) is 36.4 Å². The van der Waals surface area contributed by atoms with Crippen molar-refractivity contribution in [1.82, 2.24) is 0 Å². The van der Waals surface area contributed by atoms with Gasteiger partial charge in [-0.3, -0.25) is 0 Å². The molecule has 4 rings (SSSR count). The predicted octanol–water partition coefficient (Wildman–Crippen LogP) is 3.13. The minimum atomic E-state index is 0.785. The van der Waals surface area contributed by atoms with E-state index in [1.165, 1.54) is 11.3 Å². The van der Waals surface area contributed by atoms with Gasteiger partial charge < -0.3 is 4.90 Å². The van der Waals surface area contributed by atoms with Crippen molar-refractivity contribution in [2.45, 2.75) is 6.54 Å². The van der Waals surface area contributed by atoms with Crippen LogP contribution in [0.5, 0.6) is 0 Å². The van der Waals surface area contributed by atoms with E-state index in [9.17, 15) is 0 Å². The molecule has 86 valence electrons. The van der Waals surface area contributed by atoms with Gasteiger partial charge in [-0.2, -0.15) is 0 Å². The fourth-order valence-electron chi connectivity index (χ4n) is 2.42. The Hall–Kier alpha value is -2.42. The van der Waals surface area contributed by atoms with Gasteiger partial charge >= 0.3 is 0 Å². The summed E-state index contributed by atoms with van der Waals surface area (Å²) in [5, 5.41) is 0. The molecule has 0 amide bonds. The molecule has 2 aromatic carbocycles. The van der Waals surface area contributed by atoms with Crippen molar-refractivity contribution in [3.63, 3.8) is 0 Å². The van der Waals surface area contributed by atoms with Crippen LogP contribution in [-0.4, -0.2) is 12.2 Å². The first-order valence-electron chi connectivity index (χ1n) is 5.99. The van der Waals surface area contributed by atoms with Crippen molar-refractivity contribution < 1.29 is 0 Å². The van der Waals surface area contributed by atoms with E-state index in [2.05, 4.69) is 45.2 Å². The lowest BCUT2D eigenvalue weighted by Crippen LogP contribution is -2.34. The van der Waals surface area contributed by atoms with E-state index in [1.54, 1.807) is 0 Å². The number of fused-ring (bicyclic) bond motifs is 4. The van der Waals surface area contributed by atoms with E-state index >= 15 is 0 Å². The van der Waals surface area contributed by atoms with Crippen LogP contribution in [0.3, 0.4) is 0 Å². The van der Waals surface area contributed by atoms with Crippen molar-refractivity contribution >= 4 is 23.5 Å². The lowest BCUT2D eigenvalue weighted by atomic mass is 10.1. The fraction of sp³-hybridized carbons (Fsp3) is 0.0667. The topological polar surface area (TPSA) is 28.0 Å². The number of guanidine groups is 1. The third kappa shape index (κ3) is 1.31. The largest absolute Gasteiger partial charge is 0.305 e. The number of nitrogens with zero attached hydrogens (tertiary/aromatic N) is 3. The SMILES string of the molecule is C1=NC2=Nc3ccccc3CN2c2ccccc21. The fourth-order valence-corrected chi connectivity index (χ4v) is 2.42. The normalized spacial score (nSPS) is 15.6. The van der Waals surface area contributed by atoms with Gasteiger partial charge in [0.15, 0.2) is 0 Å². The minimum Gasteiger partial charge on any atom is -0.305 e. The Morgan fingerprint density at radius 2 is 1.78 bits per heavy atom. The van der Waals surface area contributed by atoms with Gasteiger partial charge in [0.1, 0.15) is 0 Å². The van der Waals surface area contributed by atoms with E-state index in [4.69, 9.17) is 0 Å². The van der Waals surface area contributed by atoms with Gasteiger partial charge in [-0.05, 0) is 17.7 Å². The first-order valence-corrected chi connectivity index (χ1v) is 5.99. The predicted molar refractivity (Wildman–Crippen MR) is 73.8 cm³/mol. The molecule has 0 aromatic heterocycles. The Kier molecular flexibility index (Phi) is 1.88. The molecule has 3 heteroatoms. The van der Waals surface area contributed by atoms with Crippen LogP contribution in [0.15, 0.2) is 58.5 Å². The molecule has 0 radical (unpaired) electrons. The van der Waals surface area contributed by atoms with Crippen molar-refractivity contribution in [3.8, 4) is 0 Å². The molecule has 0 spiro atoms. The second-order valence-electron chi connectivity index (χ2n) is 4.44. The van der Waals surface area contributed by atoms with Gasteiger partial charge in [0.2, 0.25) is 5.96 Å². The number of anilines is 1. The maximum atomic E-state index is 4.61. The highest BCUT2D eigenvalue weighted by Crippen LogP contribution is 2.32. The van der Waals surface area contributed by atoms with Crippen LogP contribution in [0.4, 0.5) is 11.4 Å². The molecule has 2 aliphatic heterocycles. The highest BCUT2D eigenvalue weighted by Gasteiger charge is 2.24. The van der Waals surface area contributed by atoms with Gasteiger partial charge in [0.05, 0.1) is 17.9 Å². The summed E-state index contributed by atoms with van der Waals surface area (Å²) in [6.07, 6.45) is 1.89. The molecule has 0 saturated carbocycles. The van der Waals surface area contributed by atoms with Gasteiger partial charge in [-0.25, -0.2) is 9.98 Å². The molecule has 3 nitrogen and oxygen atoms in total. The Labute approximate surface area is 105 Å². The molecule has 0 aliphatic carbocycles. The molecule has 2 aromatic rings. The van der Waals surface area contributed by atoms with Crippen molar-refractivity contribution in [3.05, 3.63) is 59.7 Å². The number of hydrogen-bond acceptors (Lipinski definition) is 3. The van der Waals surface area contributed by atoms with Crippen molar-refractivity contribution in [1.29, 1.82) is 0 Å². The highest BCUT2D eigenvalue weighted by atomic mass is 15.3. The average Bonchev–Trinajstić information content (AvgIpc) is 2.45. The van der Waals surface area contributed by atoms with E-state index < -0.39 is 0 Å². The maximum Gasteiger partial charge on any atom is 0.230 e. The average molecular weight is 233 g/mol. The third-order valence-electron chi connectivity index (χ3n) is 3.33. The quantitative estimate of drug-likeness (QED) is 0.687. The number of benzene rings is 2. The maximum absolute atomic E-state index is 4.61. The third-order valence-corrected chi connectivity index (χ3v) is 3.33. The minimum absolute atomic E-state index is 0.785. The second kappa shape index (κ2) is 3.53. The van der Waals surface area contributed by atoms with E-state index in [0.717, 1.165) is 23.8 Å². The molecule has 2 heterocycles. The zero-order valence-corrected chi connectivity index (χ0v) is 9.74. The second-order valence-corrected chi connectivity index (χ2v) is 4.44. The first kappa shape index (κ1) is 9.59. The summed E-state index contributed by atoms with van der Waals surface area (Å²) < 4.78 is 0. The Morgan fingerprint density at radius 3 is 2.78 bits per heavy atom. The number of aliphatic imine (C=N–C) groups is 2. The highest BCUT2D eigenvalue weighted by molar-refractivity contribution is 6.11. The van der Waals surface area contributed by atoms with E-state index in [0.29, 0.717) is 0 Å². The summed E-state index contributed by atoms with van der Waals surface area (Å²) in [7, 11) is 0. The van der Waals surface area contributed by atoms with Crippen LogP contribution in [0.2, 0.25) is 0 Å². The first-order chi connectivity index (χ1) is 8.92. The summed E-state index contributed by atoms with van der Waals surface area (Å²) in [4.78, 5) is 11.2. The standard InChI is InChI=1S/C15H11N3/c1-3-7-13-12(6-1)10-18-14-8-4-2-5-11(14)9-16-15(18)17-13/h1-9H,10H2. The van der Waals surface area contributed by atoms with Crippen LogP contribution < -0.4 is 4.90 Å². The Morgan fingerprint density at radius 1 is 0.944 bits per heavy atom. The van der Waals surface area contributed by atoms with Crippen LogP contribution >= 0.6 is 0 Å². The molecule has 0 fully saturated rings. The summed E-state index contributed by atoms with van der Waals surface area (Å²) >= 11 is 0. The smallest absolute Gasteiger partial charge is 0.230 e. The Bertz CT molecular complexity index is 686. The molecule has 0 N–H and O–H groups in total. The van der Waals surface area contributed by atoms with Crippen LogP contribution in [0, 0.1) is 0 Å².